The zero-order valence-corrected chi connectivity index (χ0v) is 10.3. The molecule has 0 atom stereocenters. The molecule has 2 nitrogen and oxygen atoms in total. The van der Waals surface area contributed by atoms with Crippen LogP contribution in [-0.4, -0.2) is 12.1 Å². The molecule has 3 heteroatoms. The number of rotatable bonds is 6. The molecule has 0 saturated heterocycles. The second-order valence-corrected chi connectivity index (χ2v) is 5.64. The molecule has 1 aromatic heterocycles. The topological polar surface area (TPSA) is 21.3 Å². The number of nitrogens with one attached hydrogen (secondary N) is 1. The second-order valence-electron chi connectivity index (χ2n) is 4.38. The molecule has 1 N–H and O–H groups in total. The van der Waals surface area contributed by atoms with Gasteiger partial charge in [-0.05, 0) is 38.8 Å². The van der Waals surface area contributed by atoms with Crippen molar-refractivity contribution in [1.29, 1.82) is 0 Å². The first kappa shape index (κ1) is 11.1. The standard InChI is InChI=1S/C12H19NOS/c1-9(2)14-8-12-6-5-11(15-12)7-13-10-3-4-10/h5-6,9-10,13H,3-4,7-8H2,1-2H3. The van der Waals surface area contributed by atoms with Gasteiger partial charge in [0.2, 0.25) is 0 Å². The van der Waals surface area contributed by atoms with E-state index in [1.807, 2.05) is 11.3 Å². The largest absolute Gasteiger partial charge is 0.373 e. The molecule has 1 aliphatic rings. The maximum Gasteiger partial charge on any atom is 0.0812 e. The lowest BCUT2D eigenvalue weighted by Crippen LogP contribution is -2.14. The molecule has 1 heterocycles. The molecular weight excluding hydrogens is 206 g/mol. The summed E-state index contributed by atoms with van der Waals surface area (Å²) < 4.78 is 5.57. The van der Waals surface area contributed by atoms with Crippen molar-refractivity contribution in [3.05, 3.63) is 21.9 Å². The minimum atomic E-state index is 0.320. The summed E-state index contributed by atoms with van der Waals surface area (Å²) in [5.41, 5.74) is 0. The molecule has 84 valence electrons. The van der Waals surface area contributed by atoms with Gasteiger partial charge in [0, 0.05) is 22.3 Å². The molecular formula is C12H19NOS. The summed E-state index contributed by atoms with van der Waals surface area (Å²) >= 11 is 1.86. The smallest absolute Gasteiger partial charge is 0.0812 e. The Balaban J connectivity index is 1.75. The van der Waals surface area contributed by atoms with E-state index < -0.39 is 0 Å². The fourth-order valence-corrected chi connectivity index (χ4v) is 2.27. The van der Waals surface area contributed by atoms with E-state index in [1.165, 1.54) is 22.6 Å². The Morgan fingerprint density at radius 1 is 1.40 bits per heavy atom. The minimum absolute atomic E-state index is 0.320. The Hall–Kier alpha value is -0.380. The molecule has 0 unspecified atom stereocenters. The van der Waals surface area contributed by atoms with E-state index >= 15 is 0 Å². The van der Waals surface area contributed by atoms with Crippen molar-refractivity contribution in [2.24, 2.45) is 0 Å². The van der Waals surface area contributed by atoms with Gasteiger partial charge in [0.1, 0.15) is 0 Å². The molecule has 1 aliphatic carbocycles. The first-order chi connectivity index (χ1) is 7.24. The SMILES string of the molecule is CC(C)OCc1ccc(CNC2CC2)s1. The van der Waals surface area contributed by atoms with E-state index in [9.17, 15) is 0 Å². The normalized spacial score (nSPS) is 16.2. The van der Waals surface area contributed by atoms with Crippen molar-refractivity contribution in [3.8, 4) is 0 Å². The molecule has 1 saturated carbocycles. The predicted molar refractivity (Wildman–Crippen MR) is 64.1 cm³/mol. The molecule has 0 aromatic carbocycles. The Kier molecular flexibility index (Phi) is 3.78. The van der Waals surface area contributed by atoms with E-state index in [-0.39, 0.29) is 0 Å². The van der Waals surface area contributed by atoms with Gasteiger partial charge >= 0.3 is 0 Å². The quantitative estimate of drug-likeness (QED) is 0.803. The fraction of sp³-hybridized carbons (Fsp3) is 0.667. The monoisotopic (exact) mass is 225 g/mol. The van der Waals surface area contributed by atoms with E-state index in [1.54, 1.807) is 0 Å². The lowest BCUT2D eigenvalue weighted by molar-refractivity contribution is 0.0674. The van der Waals surface area contributed by atoms with Gasteiger partial charge in [-0.3, -0.25) is 0 Å². The zero-order valence-electron chi connectivity index (χ0n) is 9.45. The predicted octanol–water partition coefficient (Wildman–Crippen LogP) is 2.93. The maximum atomic E-state index is 5.57. The number of ether oxygens (including phenoxy) is 1. The highest BCUT2D eigenvalue weighted by molar-refractivity contribution is 7.11. The third kappa shape index (κ3) is 3.93. The number of hydrogen-bond donors (Lipinski definition) is 1. The van der Waals surface area contributed by atoms with E-state index in [4.69, 9.17) is 4.74 Å². The van der Waals surface area contributed by atoms with E-state index in [0.29, 0.717) is 6.10 Å². The van der Waals surface area contributed by atoms with Gasteiger partial charge in [-0.1, -0.05) is 0 Å². The van der Waals surface area contributed by atoms with Gasteiger partial charge in [0.05, 0.1) is 12.7 Å². The average Bonchev–Trinajstić information content (AvgIpc) is 2.92. The molecule has 0 spiro atoms. The first-order valence-corrected chi connectivity index (χ1v) is 6.48. The van der Waals surface area contributed by atoms with Crippen LogP contribution in [0.4, 0.5) is 0 Å². The molecule has 0 radical (unpaired) electrons. The van der Waals surface area contributed by atoms with Crippen LogP contribution in [0.1, 0.15) is 36.4 Å². The van der Waals surface area contributed by atoms with Crippen LogP contribution in [0.25, 0.3) is 0 Å². The van der Waals surface area contributed by atoms with Gasteiger partial charge in [0.15, 0.2) is 0 Å². The summed E-state index contributed by atoms with van der Waals surface area (Å²) in [5, 5.41) is 3.52. The van der Waals surface area contributed by atoms with Crippen LogP contribution in [0, 0.1) is 0 Å². The highest BCUT2D eigenvalue weighted by Crippen LogP contribution is 2.22. The van der Waals surface area contributed by atoms with Crippen molar-refractivity contribution in [3.63, 3.8) is 0 Å². The minimum Gasteiger partial charge on any atom is -0.373 e. The van der Waals surface area contributed by atoms with Crippen molar-refractivity contribution in [2.45, 2.75) is 52.0 Å². The Bertz CT molecular complexity index is 284. The van der Waals surface area contributed by atoms with Crippen molar-refractivity contribution >= 4 is 11.3 Å². The van der Waals surface area contributed by atoms with Crippen LogP contribution in [-0.2, 0) is 17.9 Å². The van der Waals surface area contributed by atoms with Gasteiger partial charge < -0.3 is 10.1 Å². The Morgan fingerprint density at radius 3 is 2.80 bits per heavy atom. The third-order valence-corrected chi connectivity index (χ3v) is 3.48. The Labute approximate surface area is 95.6 Å². The summed E-state index contributed by atoms with van der Waals surface area (Å²) in [6.45, 7) is 5.93. The second kappa shape index (κ2) is 5.10. The fourth-order valence-electron chi connectivity index (χ4n) is 1.38. The summed E-state index contributed by atoms with van der Waals surface area (Å²) in [6, 6.07) is 5.18. The van der Waals surface area contributed by atoms with Crippen molar-refractivity contribution in [1.82, 2.24) is 5.32 Å². The zero-order chi connectivity index (χ0) is 10.7. The van der Waals surface area contributed by atoms with Gasteiger partial charge in [-0.2, -0.15) is 0 Å². The summed E-state index contributed by atoms with van der Waals surface area (Å²) in [7, 11) is 0. The molecule has 1 aromatic rings. The molecule has 2 rings (SSSR count). The van der Waals surface area contributed by atoms with Crippen molar-refractivity contribution < 1.29 is 4.74 Å². The van der Waals surface area contributed by atoms with Gasteiger partial charge in [-0.15, -0.1) is 11.3 Å². The lowest BCUT2D eigenvalue weighted by Gasteiger charge is -2.04. The van der Waals surface area contributed by atoms with E-state index in [0.717, 1.165) is 19.2 Å². The Morgan fingerprint density at radius 2 is 2.13 bits per heavy atom. The van der Waals surface area contributed by atoms with Crippen LogP contribution in [0.2, 0.25) is 0 Å². The summed E-state index contributed by atoms with van der Waals surface area (Å²) in [5.74, 6) is 0. The van der Waals surface area contributed by atoms with Gasteiger partial charge in [0.25, 0.3) is 0 Å². The van der Waals surface area contributed by atoms with Gasteiger partial charge in [-0.25, -0.2) is 0 Å². The van der Waals surface area contributed by atoms with Crippen LogP contribution in [0.5, 0.6) is 0 Å². The highest BCUT2D eigenvalue weighted by atomic mass is 32.1. The van der Waals surface area contributed by atoms with Crippen LogP contribution < -0.4 is 5.32 Å². The van der Waals surface area contributed by atoms with E-state index in [2.05, 4.69) is 31.3 Å². The highest BCUT2D eigenvalue weighted by Gasteiger charge is 2.20. The third-order valence-electron chi connectivity index (χ3n) is 2.42. The first-order valence-electron chi connectivity index (χ1n) is 5.66. The molecule has 0 bridgehead atoms. The molecule has 15 heavy (non-hydrogen) atoms. The molecule has 1 fully saturated rings. The maximum absolute atomic E-state index is 5.57. The number of thiophene rings is 1. The average molecular weight is 225 g/mol. The lowest BCUT2D eigenvalue weighted by atomic mass is 10.4. The van der Waals surface area contributed by atoms with Crippen molar-refractivity contribution in [2.75, 3.05) is 0 Å². The van der Waals surface area contributed by atoms with Crippen LogP contribution in [0.15, 0.2) is 12.1 Å². The number of hydrogen-bond acceptors (Lipinski definition) is 3. The molecule has 0 amide bonds. The summed E-state index contributed by atoms with van der Waals surface area (Å²) in [4.78, 5) is 2.75. The van der Waals surface area contributed by atoms with Crippen LogP contribution in [0.3, 0.4) is 0 Å². The summed E-state index contributed by atoms with van der Waals surface area (Å²) in [6.07, 6.45) is 3.03. The van der Waals surface area contributed by atoms with Crippen LogP contribution >= 0.6 is 11.3 Å². The molecule has 0 aliphatic heterocycles.